The molecule has 1 atom stereocenters. The van der Waals surface area contributed by atoms with E-state index >= 15 is 0 Å². The van der Waals surface area contributed by atoms with Gasteiger partial charge in [-0.25, -0.2) is 13.1 Å². The van der Waals surface area contributed by atoms with Crippen LogP contribution < -0.4 is 4.72 Å². The van der Waals surface area contributed by atoms with Crippen molar-refractivity contribution in [2.24, 2.45) is 5.41 Å². The lowest BCUT2D eigenvalue weighted by Crippen LogP contribution is -2.41. The first-order valence-electron chi connectivity index (χ1n) is 9.91. The first-order chi connectivity index (χ1) is 13.6. The standard InChI is InChI=1S/C19H27N5O4S/c1-5-24-13(3)17(12(2)20-24)15-10-14(21-28-15)18(25)23-8-6-19(7-9-23)11-16(19)22-29(4,26)27/h10,16,22H,5-9,11H2,1-4H3. The van der Waals surface area contributed by atoms with Crippen LogP contribution in [0, 0.1) is 19.3 Å². The van der Waals surface area contributed by atoms with E-state index in [4.69, 9.17) is 4.52 Å². The highest BCUT2D eigenvalue weighted by Crippen LogP contribution is 2.54. The molecule has 2 aliphatic rings. The molecule has 1 unspecified atom stereocenters. The van der Waals surface area contributed by atoms with Crippen LogP contribution in [0.1, 0.15) is 48.1 Å². The van der Waals surface area contributed by atoms with E-state index in [9.17, 15) is 13.2 Å². The number of amides is 1. The van der Waals surface area contributed by atoms with Crippen molar-refractivity contribution in [2.45, 2.75) is 52.6 Å². The maximum absolute atomic E-state index is 12.9. The van der Waals surface area contributed by atoms with E-state index in [0.29, 0.717) is 24.5 Å². The lowest BCUT2D eigenvalue weighted by molar-refractivity contribution is 0.0663. The molecule has 1 aliphatic heterocycles. The maximum atomic E-state index is 12.9. The van der Waals surface area contributed by atoms with Crippen LogP contribution in [0.25, 0.3) is 11.3 Å². The van der Waals surface area contributed by atoms with E-state index < -0.39 is 10.0 Å². The fraction of sp³-hybridized carbons (Fsp3) is 0.632. The van der Waals surface area contributed by atoms with Crippen LogP contribution in [0.4, 0.5) is 0 Å². The molecule has 1 spiro atoms. The summed E-state index contributed by atoms with van der Waals surface area (Å²) in [6.45, 7) is 7.86. The molecule has 1 saturated heterocycles. The molecule has 4 rings (SSSR count). The van der Waals surface area contributed by atoms with Gasteiger partial charge in [0.25, 0.3) is 5.91 Å². The topological polar surface area (TPSA) is 110 Å². The zero-order valence-electron chi connectivity index (χ0n) is 17.2. The van der Waals surface area contributed by atoms with Crippen molar-refractivity contribution < 1.29 is 17.7 Å². The highest BCUT2D eigenvalue weighted by molar-refractivity contribution is 7.88. The number of piperidine rings is 1. The summed E-state index contributed by atoms with van der Waals surface area (Å²) in [5, 5.41) is 8.49. The SMILES string of the molecule is CCn1nc(C)c(-c2cc(C(=O)N3CCC4(CC3)CC4NS(C)(=O)=O)no2)c1C. The Morgan fingerprint density at radius 3 is 2.62 bits per heavy atom. The molecule has 1 amide bonds. The molecule has 1 aliphatic carbocycles. The molecule has 2 aromatic rings. The van der Waals surface area contributed by atoms with Crippen LogP contribution in [-0.4, -0.2) is 59.5 Å². The molecule has 1 N–H and O–H groups in total. The molecule has 0 aromatic carbocycles. The third-order valence-corrected chi connectivity index (χ3v) is 6.96. The van der Waals surface area contributed by atoms with E-state index in [1.54, 1.807) is 11.0 Å². The van der Waals surface area contributed by atoms with Crippen molar-refractivity contribution in [1.29, 1.82) is 0 Å². The molecule has 3 heterocycles. The summed E-state index contributed by atoms with van der Waals surface area (Å²) in [4.78, 5) is 14.7. The zero-order valence-corrected chi connectivity index (χ0v) is 18.0. The summed E-state index contributed by atoms with van der Waals surface area (Å²) in [6, 6.07) is 1.68. The number of carbonyl (C=O) groups excluding carboxylic acids is 1. The predicted octanol–water partition coefficient (Wildman–Crippen LogP) is 1.72. The van der Waals surface area contributed by atoms with Gasteiger partial charge in [0.1, 0.15) is 0 Å². The van der Waals surface area contributed by atoms with Crippen molar-refractivity contribution in [3.63, 3.8) is 0 Å². The second-order valence-corrected chi connectivity index (χ2v) is 10.0. The largest absolute Gasteiger partial charge is 0.355 e. The van der Waals surface area contributed by atoms with Crippen molar-refractivity contribution in [3.05, 3.63) is 23.1 Å². The number of carbonyl (C=O) groups is 1. The van der Waals surface area contributed by atoms with Crippen LogP contribution in [0.2, 0.25) is 0 Å². The van der Waals surface area contributed by atoms with Gasteiger partial charge in [-0.05, 0) is 45.4 Å². The van der Waals surface area contributed by atoms with Crippen molar-refractivity contribution >= 4 is 15.9 Å². The summed E-state index contributed by atoms with van der Waals surface area (Å²) in [5.41, 5.74) is 3.00. The molecular formula is C19H27N5O4S. The van der Waals surface area contributed by atoms with E-state index in [-0.39, 0.29) is 17.4 Å². The molecule has 0 radical (unpaired) electrons. The Bertz CT molecular complexity index is 1050. The Morgan fingerprint density at radius 2 is 2.03 bits per heavy atom. The number of rotatable bonds is 5. The van der Waals surface area contributed by atoms with Gasteiger partial charge in [0.15, 0.2) is 11.5 Å². The molecule has 0 bridgehead atoms. The van der Waals surface area contributed by atoms with Crippen molar-refractivity contribution in [3.8, 4) is 11.3 Å². The number of hydrogen-bond donors (Lipinski definition) is 1. The predicted molar refractivity (Wildman–Crippen MR) is 107 cm³/mol. The quantitative estimate of drug-likeness (QED) is 0.787. The van der Waals surface area contributed by atoms with Gasteiger partial charge in [-0.2, -0.15) is 5.10 Å². The van der Waals surface area contributed by atoms with Gasteiger partial charge in [-0.1, -0.05) is 5.16 Å². The second-order valence-electron chi connectivity index (χ2n) is 8.24. The summed E-state index contributed by atoms with van der Waals surface area (Å²) < 4.78 is 33.0. The Balaban J connectivity index is 1.43. The number of aromatic nitrogens is 3. The number of sulfonamides is 1. The minimum atomic E-state index is -3.20. The number of nitrogens with zero attached hydrogens (tertiary/aromatic N) is 4. The van der Waals surface area contributed by atoms with Gasteiger partial charge in [0.2, 0.25) is 10.0 Å². The van der Waals surface area contributed by atoms with Crippen LogP contribution >= 0.6 is 0 Å². The fourth-order valence-electron chi connectivity index (χ4n) is 4.50. The molecule has 10 heteroatoms. The molecule has 2 aromatic heterocycles. The summed E-state index contributed by atoms with van der Waals surface area (Å²) in [6.07, 6.45) is 3.61. The lowest BCUT2D eigenvalue weighted by Gasteiger charge is -2.32. The van der Waals surface area contributed by atoms with E-state index in [1.165, 1.54) is 6.26 Å². The van der Waals surface area contributed by atoms with Crippen LogP contribution in [0.15, 0.2) is 10.6 Å². The van der Waals surface area contributed by atoms with Gasteiger partial charge in [0.05, 0.1) is 17.5 Å². The second kappa shape index (κ2) is 6.94. The molecule has 29 heavy (non-hydrogen) atoms. The van der Waals surface area contributed by atoms with Gasteiger partial charge in [0, 0.05) is 37.4 Å². The molecule has 1 saturated carbocycles. The average molecular weight is 422 g/mol. The number of aryl methyl sites for hydroxylation is 2. The Labute approximate surface area is 170 Å². The minimum absolute atomic E-state index is 0.00218. The minimum Gasteiger partial charge on any atom is -0.355 e. The Hall–Kier alpha value is -2.20. The van der Waals surface area contributed by atoms with Gasteiger partial charge in [-0.15, -0.1) is 0 Å². The normalized spacial score (nSPS) is 21.0. The van der Waals surface area contributed by atoms with Gasteiger partial charge >= 0.3 is 0 Å². The summed E-state index contributed by atoms with van der Waals surface area (Å²) in [5.74, 6) is 0.400. The summed E-state index contributed by atoms with van der Waals surface area (Å²) in [7, 11) is -3.20. The Kier molecular flexibility index (Phi) is 4.81. The maximum Gasteiger partial charge on any atom is 0.276 e. The van der Waals surface area contributed by atoms with Crippen LogP contribution in [0.3, 0.4) is 0 Å². The monoisotopic (exact) mass is 421 g/mol. The highest BCUT2D eigenvalue weighted by atomic mass is 32.2. The average Bonchev–Trinajstić information content (AvgIpc) is 2.99. The van der Waals surface area contributed by atoms with Crippen LogP contribution in [-0.2, 0) is 16.6 Å². The van der Waals surface area contributed by atoms with E-state index in [2.05, 4.69) is 15.0 Å². The van der Waals surface area contributed by atoms with E-state index in [1.807, 2.05) is 25.5 Å². The molecule has 9 nitrogen and oxygen atoms in total. The van der Waals surface area contributed by atoms with Gasteiger partial charge in [-0.3, -0.25) is 9.48 Å². The number of hydrogen-bond acceptors (Lipinski definition) is 6. The lowest BCUT2D eigenvalue weighted by atomic mass is 9.92. The molecular weight excluding hydrogens is 394 g/mol. The molecule has 158 valence electrons. The third kappa shape index (κ3) is 3.71. The highest BCUT2D eigenvalue weighted by Gasteiger charge is 2.56. The zero-order chi connectivity index (χ0) is 21.0. The molecule has 2 fully saturated rings. The third-order valence-electron chi connectivity index (χ3n) is 6.25. The van der Waals surface area contributed by atoms with Crippen molar-refractivity contribution in [2.75, 3.05) is 19.3 Å². The smallest absolute Gasteiger partial charge is 0.276 e. The van der Waals surface area contributed by atoms with Crippen molar-refractivity contribution in [1.82, 2.24) is 24.6 Å². The number of nitrogens with one attached hydrogen (secondary N) is 1. The number of likely N-dealkylation sites (tertiary alicyclic amines) is 1. The fourth-order valence-corrected chi connectivity index (χ4v) is 5.35. The van der Waals surface area contributed by atoms with Gasteiger partial charge < -0.3 is 9.42 Å². The van der Waals surface area contributed by atoms with Crippen LogP contribution in [0.5, 0.6) is 0 Å². The Morgan fingerprint density at radius 1 is 1.34 bits per heavy atom. The first-order valence-corrected chi connectivity index (χ1v) is 11.8. The first kappa shape index (κ1) is 20.1. The summed E-state index contributed by atoms with van der Waals surface area (Å²) >= 11 is 0. The van der Waals surface area contributed by atoms with E-state index in [0.717, 1.165) is 42.8 Å².